The standard InChI is InChI=1S/C22H16Cl2N4O3S/c1-28(2)19-12-8-11(6-7-16(12)25-10-13(19)21(30)31)9-17-20(29)27-22(32-17)26-18-14(23)4-3-5-15(18)24/h3-10H,1-2H3,(H,30,31)(H,26,27,29). The van der Waals surface area contributed by atoms with E-state index in [0.717, 1.165) is 11.8 Å². The van der Waals surface area contributed by atoms with Gasteiger partial charge in [0.2, 0.25) is 0 Å². The molecule has 10 heteroatoms. The normalized spacial score (nSPS) is 14.7. The van der Waals surface area contributed by atoms with Crippen LogP contribution in [0.25, 0.3) is 17.0 Å². The highest BCUT2D eigenvalue weighted by Crippen LogP contribution is 2.35. The van der Waals surface area contributed by atoms with E-state index in [-0.39, 0.29) is 5.56 Å². The van der Waals surface area contributed by atoms with E-state index >= 15 is 0 Å². The summed E-state index contributed by atoms with van der Waals surface area (Å²) in [5.74, 6) is -1.46. The number of hydrogen-bond donors (Lipinski definition) is 2. The summed E-state index contributed by atoms with van der Waals surface area (Å²) in [6.45, 7) is 0. The summed E-state index contributed by atoms with van der Waals surface area (Å²) in [4.78, 5) is 34.5. The number of rotatable bonds is 4. The number of amidine groups is 1. The van der Waals surface area contributed by atoms with E-state index in [1.807, 2.05) is 6.07 Å². The molecule has 0 fully saturated rings. The lowest BCUT2D eigenvalue weighted by atomic mass is 10.1. The zero-order chi connectivity index (χ0) is 23.0. The summed E-state index contributed by atoms with van der Waals surface area (Å²) in [5.41, 5.74) is 2.49. The predicted octanol–water partition coefficient (Wildman–Crippen LogP) is 5.39. The van der Waals surface area contributed by atoms with Crippen LogP contribution < -0.4 is 10.2 Å². The maximum Gasteiger partial charge on any atom is 0.339 e. The summed E-state index contributed by atoms with van der Waals surface area (Å²) < 4.78 is 0. The van der Waals surface area contributed by atoms with Crippen LogP contribution in [0, 0.1) is 0 Å². The molecule has 162 valence electrons. The Kier molecular flexibility index (Phi) is 6.10. The summed E-state index contributed by atoms with van der Waals surface area (Å²) in [6, 6.07) is 10.5. The third-order valence-electron chi connectivity index (χ3n) is 4.65. The molecule has 4 rings (SSSR count). The first kappa shape index (κ1) is 22.1. The highest BCUT2D eigenvalue weighted by Gasteiger charge is 2.23. The van der Waals surface area contributed by atoms with E-state index in [0.29, 0.717) is 48.0 Å². The van der Waals surface area contributed by atoms with Gasteiger partial charge in [-0.3, -0.25) is 9.78 Å². The number of halogens is 2. The van der Waals surface area contributed by atoms with E-state index < -0.39 is 11.9 Å². The highest BCUT2D eigenvalue weighted by atomic mass is 35.5. The summed E-state index contributed by atoms with van der Waals surface area (Å²) in [5, 5.41) is 14.4. The SMILES string of the molecule is CN(C)c1c(C(=O)O)cnc2ccc(C=C3SC(Nc4c(Cl)cccc4Cl)=NC3=O)cc12. The maximum atomic E-state index is 12.5. The van der Waals surface area contributed by atoms with Gasteiger partial charge in [0.05, 0.1) is 31.8 Å². The number of fused-ring (bicyclic) bond motifs is 1. The number of nitrogens with zero attached hydrogens (tertiary/aromatic N) is 3. The number of aliphatic imine (C=N–C) groups is 1. The number of carboxylic acids is 1. The van der Waals surface area contributed by atoms with Gasteiger partial charge >= 0.3 is 5.97 Å². The molecule has 0 unspecified atom stereocenters. The van der Waals surface area contributed by atoms with Crippen LogP contribution in [-0.4, -0.2) is 41.2 Å². The van der Waals surface area contributed by atoms with Gasteiger partial charge in [-0.25, -0.2) is 4.79 Å². The van der Waals surface area contributed by atoms with E-state index in [9.17, 15) is 14.7 Å². The molecule has 1 aliphatic heterocycles. The van der Waals surface area contributed by atoms with Gasteiger partial charge in [-0.1, -0.05) is 35.3 Å². The number of nitrogens with one attached hydrogen (secondary N) is 1. The van der Waals surface area contributed by atoms with Gasteiger partial charge in [0.15, 0.2) is 5.17 Å². The minimum atomic E-state index is -1.06. The number of aromatic nitrogens is 1. The molecule has 0 atom stereocenters. The van der Waals surface area contributed by atoms with Gasteiger partial charge in [0, 0.05) is 25.7 Å². The van der Waals surface area contributed by atoms with Crippen molar-refractivity contribution in [2.45, 2.75) is 0 Å². The van der Waals surface area contributed by atoms with Crippen LogP contribution in [0.5, 0.6) is 0 Å². The smallest absolute Gasteiger partial charge is 0.339 e. The lowest BCUT2D eigenvalue weighted by Crippen LogP contribution is -2.15. The molecule has 0 spiro atoms. The second-order valence-corrected chi connectivity index (χ2v) is 8.90. The fourth-order valence-electron chi connectivity index (χ4n) is 3.26. The van der Waals surface area contributed by atoms with Crippen molar-refractivity contribution in [3.63, 3.8) is 0 Å². The van der Waals surface area contributed by atoms with Crippen LogP contribution in [0.4, 0.5) is 11.4 Å². The molecular weight excluding hydrogens is 471 g/mol. The molecule has 0 saturated heterocycles. The number of aromatic carboxylic acids is 1. The molecule has 3 aromatic rings. The van der Waals surface area contributed by atoms with Crippen LogP contribution >= 0.6 is 35.0 Å². The van der Waals surface area contributed by atoms with Crippen molar-refractivity contribution in [3.05, 3.63) is 68.7 Å². The van der Waals surface area contributed by atoms with Crippen molar-refractivity contribution in [1.29, 1.82) is 0 Å². The molecule has 2 heterocycles. The third kappa shape index (κ3) is 4.29. The summed E-state index contributed by atoms with van der Waals surface area (Å²) in [6.07, 6.45) is 3.05. The first-order valence-corrected chi connectivity index (χ1v) is 10.9. The molecule has 32 heavy (non-hydrogen) atoms. The van der Waals surface area contributed by atoms with Crippen LogP contribution in [-0.2, 0) is 4.79 Å². The fourth-order valence-corrected chi connectivity index (χ4v) is 4.57. The molecular formula is C22H16Cl2N4O3S. The number of benzene rings is 2. The quantitative estimate of drug-likeness (QED) is 0.477. The van der Waals surface area contributed by atoms with Gasteiger partial charge in [-0.15, -0.1) is 0 Å². The second-order valence-electron chi connectivity index (χ2n) is 7.05. The van der Waals surface area contributed by atoms with Crippen molar-refractivity contribution in [1.82, 2.24) is 4.98 Å². The molecule has 1 aromatic heterocycles. The monoisotopic (exact) mass is 486 g/mol. The van der Waals surface area contributed by atoms with E-state index in [2.05, 4.69) is 15.3 Å². The lowest BCUT2D eigenvalue weighted by molar-refractivity contribution is -0.113. The second kappa shape index (κ2) is 8.82. The Morgan fingerprint density at radius 1 is 1.19 bits per heavy atom. The average Bonchev–Trinajstić information content (AvgIpc) is 3.08. The molecule has 1 aliphatic rings. The number of carboxylic acid groups (broad SMARTS) is 1. The van der Waals surface area contributed by atoms with E-state index in [4.69, 9.17) is 23.2 Å². The van der Waals surface area contributed by atoms with Crippen LogP contribution in [0.15, 0.2) is 52.5 Å². The Balaban J connectivity index is 1.67. The van der Waals surface area contributed by atoms with Crippen molar-refractivity contribution in [2.75, 3.05) is 24.3 Å². The molecule has 0 bridgehead atoms. The number of thioether (sulfide) groups is 1. The maximum absolute atomic E-state index is 12.5. The number of carbonyl (C=O) groups is 2. The van der Waals surface area contributed by atoms with Crippen molar-refractivity contribution < 1.29 is 14.7 Å². The molecule has 7 nitrogen and oxygen atoms in total. The molecule has 0 aliphatic carbocycles. The zero-order valence-corrected chi connectivity index (χ0v) is 19.2. The Morgan fingerprint density at radius 2 is 1.91 bits per heavy atom. The minimum absolute atomic E-state index is 0.102. The number of amides is 1. The largest absolute Gasteiger partial charge is 0.478 e. The van der Waals surface area contributed by atoms with Crippen molar-refractivity contribution in [3.8, 4) is 0 Å². The topological polar surface area (TPSA) is 94.9 Å². The van der Waals surface area contributed by atoms with E-state index in [1.54, 1.807) is 55.4 Å². The van der Waals surface area contributed by atoms with Gasteiger partial charge < -0.3 is 15.3 Å². The predicted molar refractivity (Wildman–Crippen MR) is 131 cm³/mol. The lowest BCUT2D eigenvalue weighted by Gasteiger charge is -2.18. The Labute approximate surface area is 197 Å². The number of para-hydroxylation sites is 1. The Morgan fingerprint density at radius 3 is 2.56 bits per heavy atom. The first-order valence-electron chi connectivity index (χ1n) is 9.31. The third-order valence-corrected chi connectivity index (χ3v) is 6.18. The first-order chi connectivity index (χ1) is 15.2. The van der Waals surface area contributed by atoms with Crippen molar-refractivity contribution in [2.24, 2.45) is 4.99 Å². The van der Waals surface area contributed by atoms with Crippen LogP contribution in [0.3, 0.4) is 0 Å². The van der Waals surface area contributed by atoms with Gasteiger partial charge in [-0.2, -0.15) is 4.99 Å². The fraction of sp³-hybridized carbons (Fsp3) is 0.0909. The van der Waals surface area contributed by atoms with Gasteiger partial charge in [0.1, 0.15) is 5.56 Å². The summed E-state index contributed by atoms with van der Waals surface area (Å²) in [7, 11) is 3.54. The van der Waals surface area contributed by atoms with Crippen molar-refractivity contribution >= 4 is 80.4 Å². The average molecular weight is 487 g/mol. The van der Waals surface area contributed by atoms with Crippen LogP contribution in [0.1, 0.15) is 15.9 Å². The van der Waals surface area contributed by atoms with Gasteiger partial charge in [0.25, 0.3) is 5.91 Å². The van der Waals surface area contributed by atoms with Crippen LogP contribution in [0.2, 0.25) is 10.0 Å². The van der Waals surface area contributed by atoms with Gasteiger partial charge in [-0.05, 0) is 47.7 Å². The highest BCUT2D eigenvalue weighted by molar-refractivity contribution is 8.18. The molecule has 2 N–H and O–H groups in total. The number of pyridine rings is 1. The molecule has 0 radical (unpaired) electrons. The molecule has 2 aromatic carbocycles. The Bertz CT molecular complexity index is 1320. The number of anilines is 2. The molecule has 0 saturated carbocycles. The Hall–Kier alpha value is -3.07. The minimum Gasteiger partial charge on any atom is -0.478 e. The number of carbonyl (C=O) groups excluding carboxylic acids is 1. The molecule has 1 amide bonds. The summed E-state index contributed by atoms with van der Waals surface area (Å²) >= 11 is 13.5. The van der Waals surface area contributed by atoms with E-state index in [1.165, 1.54) is 6.20 Å². The zero-order valence-electron chi connectivity index (χ0n) is 16.9. The number of hydrogen-bond acceptors (Lipinski definition) is 6.